The number of nitrogens with zero attached hydrogens (tertiary/aromatic N) is 4. The first-order valence-corrected chi connectivity index (χ1v) is 9.83. The van der Waals surface area contributed by atoms with Crippen LogP contribution in [0.5, 0.6) is 5.75 Å². The number of rotatable bonds is 5. The summed E-state index contributed by atoms with van der Waals surface area (Å²) < 4.78 is 21.9. The summed E-state index contributed by atoms with van der Waals surface area (Å²) in [5.74, 6) is 0.451. The Morgan fingerprint density at radius 1 is 0.931 bits per heavy atom. The number of halogens is 1. The van der Waals surface area contributed by atoms with Crippen LogP contribution in [0.2, 0.25) is 0 Å². The molecule has 2 heterocycles. The fourth-order valence-corrected chi connectivity index (χ4v) is 3.99. The minimum absolute atomic E-state index is 0.267. The predicted molar refractivity (Wildman–Crippen MR) is 111 cm³/mol. The van der Waals surface area contributed by atoms with E-state index in [1.807, 2.05) is 42.5 Å². The second kappa shape index (κ2) is 7.44. The van der Waals surface area contributed by atoms with E-state index in [9.17, 15) is 4.39 Å². The van der Waals surface area contributed by atoms with Crippen molar-refractivity contribution in [2.45, 2.75) is 6.61 Å². The zero-order valence-electron chi connectivity index (χ0n) is 15.2. The standard InChI is InChI=1S/C22H15FN4OS/c23-15-9-11-17(12-10-15)27-13-16(25-26-27)14-28-20-7-3-1-5-18(20)22-24-19-6-2-4-8-21(19)29-22/h1-13H,14H2. The Balaban J connectivity index is 1.37. The van der Waals surface area contributed by atoms with Crippen LogP contribution in [0, 0.1) is 5.82 Å². The highest BCUT2D eigenvalue weighted by Gasteiger charge is 2.12. The molecule has 0 saturated heterocycles. The average molecular weight is 402 g/mol. The van der Waals surface area contributed by atoms with E-state index < -0.39 is 0 Å². The molecule has 0 N–H and O–H groups in total. The van der Waals surface area contributed by atoms with Gasteiger partial charge < -0.3 is 4.74 Å². The van der Waals surface area contributed by atoms with E-state index in [1.54, 1.807) is 34.3 Å². The van der Waals surface area contributed by atoms with Crippen LogP contribution in [-0.2, 0) is 6.61 Å². The summed E-state index contributed by atoms with van der Waals surface area (Å²) >= 11 is 1.63. The number of thiazole rings is 1. The van der Waals surface area contributed by atoms with Gasteiger partial charge in [0, 0.05) is 0 Å². The molecule has 0 radical (unpaired) electrons. The number of aromatic nitrogens is 4. The molecule has 0 saturated carbocycles. The molecule has 0 aliphatic rings. The van der Waals surface area contributed by atoms with Crippen molar-refractivity contribution in [2.24, 2.45) is 0 Å². The smallest absolute Gasteiger partial charge is 0.134 e. The Labute approximate surface area is 170 Å². The quantitative estimate of drug-likeness (QED) is 0.402. The monoisotopic (exact) mass is 402 g/mol. The molecule has 2 aromatic heterocycles. The molecule has 0 amide bonds. The maximum Gasteiger partial charge on any atom is 0.134 e. The van der Waals surface area contributed by atoms with Crippen LogP contribution in [0.1, 0.15) is 5.69 Å². The summed E-state index contributed by atoms with van der Waals surface area (Å²) in [6.07, 6.45) is 1.77. The van der Waals surface area contributed by atoms with Gasteiger partial charge in [0.2, 0.25) is 0 Å². The van der Waals surface area contributed by atoms with Gasteiger partial charge in [-0.3, -0.25) is 0 Å². The Morgan fingerprint density at radius 3 is 2.59 bits per heavy atom. The van der Waals surface area contributed by atoms with Gasteiger partial charge in [-0.05, 0) is 48.5 Å². The number of ether oxygens (including phenoxy) is 1. The van der Waals surface area contributed by atoms with Gasteiger partial charge >= 0.3 is 0 Å². The second-order valence-electron chi connectivity index (χ2n) is 6.40. The van der Waals surface area contributed by atoms with E-state index in [-0.39, 0.29) is 12.4 Å². The highest BCUT2D eigenvalue weighted by Crippen LogP contribution is 2.35. The van der Waals surface area contributed by atoms with Gasteiger partial charge in [-0.15, -0.1) is 16.4 Å². The Hall–Kier alpha value is -3.58. The maximum atomic E-state index is 13.1. The molecule has 0 bridgehead atoms. The normalized spacial score (nSPS) is 11.1. The van der Waals surface area contributed by atoms with Crippen LogP contribution >= 0.6 is 11.3 Å². The summed E-state index contributed by atoms with van der Waals surface area (Å²) in [6.45, 7) is 0.267. The molecule has 0 aliphatic carbocycles. The molecule has 0 spiro atoms. The van der Waals surface area contributed by atoms with Gasteiger partial charge in [-0.1, -0.05) is 29.5 Å². The zero-order valence-corrected chi connectivity index (χ0v) is 16.0. The van der Waals surface area contributed by atoms with Crippen molar-refractivity contribution in [3.8, 4) is 22.0 Å². The van der Waals surface area contributed by atoms with E-state index in [2.05, 4.69) is 16.4 Å². The molecule has 0 fully saturated rings. The molecular formula is C22H15FN4OS. The van der Waals surface area contributed by atoms with Gasteiger partial charge in [0.15, 0.2) is 0 Å². The van der Waals surface area contributed by atoms with E-state index in [0.717, 1.165) is 32.2 Å². The van der Waals surface area contributed by atoms with Crippen molar-refractivity contribution in [2.75, 3.05) is 0 Å². The van der Waals surface area contributed by atoms with Crippen LogP contribution in [0.3, 0.4) is 0 Å². The first-order valence-electron chi connectivity index (χ1n) is 9.01. The average Bonchev–Trinajstić information content (AvgIpc) is 3.40. The van der Waals surface area contributed by atoms with Crippen LogP contribution in [-0.4, -0.2) is 20.0 Å². The first kappa shape index (κ1) is 17.5. The van der Waals surface area contributed by atoms with Gasteiger partial charge in [0.1, 0.15) is 28.9 Å². The fourth-order valence-electron chi connectivity index (χ4n) is 2.99. The van der Waals surface area contributed by atoms with E-state index in [0.29, 0.717) is 5.69 Å². The molecular weight excluding hydrogens is 387 g/mol. The summed E-state index contributed by atoms with van der Waals surface area (Å²) in [5.41, 5.74) is 3.33. The lowest BCUT2D eigenvalue weighted by atomic mass is 10.2. The molecule has 0 atom stereocenters. The lowest BCUT2D eigenvalue weighted by Gasteiger charge is -2.08. The lowest BCUT2D eigenvalue weighted by molar-refractivity contribution is 0.302. The number of fused-ring (bicyclic) bond motifs is 1. The molecule has 7 heteroatoms. The minimum atomic E-state index is -0.288. The van der Waals surface area contributed by atoms with Crippen LogP contribution in [0.15, 0.2) is 79.0 Å². The third-order valence-electron chi connectivity index (χ3n) is 4.42. The van der Waals surface area contributed by atoms with Crippen LogP contribution in [0.4, 0.5) is 4.39 Å². The van der Waals surface area contributed by atoms with Gasteiger partial charge in [0.05, 0.1) is 27.7 Å². The van der Waals surface area contributed by atoms with Gasteiger partial charge in [0.25, 0.3) is 0 Å². The molecule has 5 rings (SSSR count). The van der Waals surface area contributed by atoms with Crippen molar-refractivity contribution < 1.29 is 9.13 Å². The first-order chi connectivity index (χ1) is 14.3. The summed E-state index contributed by atoms with van der Waals surface area (Å²) in [4.78, 5) is 4.73. The Kier molecular flexibility index (Phi) is 4.50. The summed E-state index contributed by atoms with van der Waals surface area (Å²) in [6, 6.07) is 22.0. The SMILES string of the molecule is Fc1ccc(-n2cc(COc3ccccc3-c3nc4ccccc4s3)nn2)cc1. The fraction of sp³-hybridized carbons (Fsp3) is 0.0455. The van der Waals surface area contributed by atoms with Crippen molar-refractivity contribution in [1.29, 1.82) is 0 Å². The van der Waals surface area contributed by atoms with Gasteiger partial charge in [-0.25, -0.2) is 14.1 Å². The number of hydrogen-bond acceptors (Lipinski definition) is 5. The molecule has 0 aliphatic heterocycles. The Morgan fingerprint density at radius 2 is 1.72 bits per heavy atom. The number of para-hydroxylation sites is 2. The zero-order chi connectivity index (χ0) is 19.6. The van der Waals surface area contributed by atoms with Crippen LogP contribution < -0.4 is 4.74 Å². The highest BCUT2D eigenvalue weighted by atomic mass is 32.1. The molecule has 0 unspecified atom stereocenters. The minimum Gasteiger partial charge on any atom is -0.486 e. The van der Waals surface area contributed by atoms with Crippen molar-refractivity contribution >= 4 is 21.6 Å². The molecule has 3 aromatic carbocycles. The van der Waals surface area contributed by atoms with Gasteiger partial charge in [-0.2, -0.15) is 0 Å². The highest BCUT2D eigenvalue weighted by molar-refractivity contribution is 7.21. The number of hydrogen-bond donors (Lipinski definition) is 0. The molecule has 5 nitrogen and oxygen atoms in total. The Bertz CT molecular complexity index is 1250. The van der Waals surface area contributed by atoms with Crippen molar-refractivity contribution in [3.63, 3.8) is 0 Å². The van der Waals surface area contributed by atoms with Crippen molar-refractivity contribution in [1.82, 2.24) is 20.0 Å². The molecule has 29 heavy (non-hydrogen) atoms. The third kappa shape index (κ3) is 3.60. The van der Waals surface area contributed by atoms with E-state index in [4.69, 9.17) is 9.72 Å². The largest absolute Gasteiger partial charge is 0.486 e. The van der Waals surface area contributed by atoms with Crippen molar-refractivity contribution in [3.05, 3.63) is 90.5 Å². The summed E-state index contributed by atoms with van der Waals surface area (Å²) in [7, 11) is 0. The predicted octanol–water partition coefficient (Wildman–Crippen LogP) is 5.26. The lowest BCUT2D eigenvalue weighted by Crippen LogP contribution is -1.97. The molecule has 142 valence electrons. The summed E-state index contributed by atoms with van der Waals surface area (Å²) in [5, 5.41) is 9.15. The topological polar surface area (TPSA) is 52.8 Å². The third-order valence-corrected chi connectivity index (χ3v) is 5.49. The van der Waals surface area contributed by atoms with E-state index in [1.165, 1.54) is 12.1 Å². The number of benzene rings is 3. The van der Waals surface area contributed by atoms with E-state index >= 15 is 0 Å². The molecule has 5 aromatic rings. The second-order valence-corrected chi connectivity index (χ2v) is 7.43. The maximum absolute atomic E-state index is 13.1. The van der Waals surface area contributed by atoms with Crippen LogP contribution in [0.25, 0.3) is 26.5 Å².